The van der Waals surface area contributed by atoms with Crippen molar-refractivity contribution < 1.29 is 9.21 Å². The molecule has 1 amide bonds. The maximum Gasteiger partial charge on any atom is 0.419 e. The molecular weight excluding hydrogens is 356 g/mol. The number of nitrogens with zero attached hydrogens (tertiary/aromatic N) is 3. The fraction of sp³-hybridized carbons (Fsp3) is 0.190. The number of nitrogens with one attached hydrogen (secondary N) is 1. The van der Waals surface area contributed by atoms with Gasteiger partial charge in [0.15, 0.2) is 5.58 Å². The van der Waals surface area contributed by atoms with Gasteiger partial charge in [0.05, 0.1) is 22.5 Å². The second-order valence-corrected chi connectivity index (χ2v) is 6.91. The van der Waals surface area contributed by atoms with Crippen LogP contribution < -0.4 is 11.1 Å². The van der Waals surface area contributed by atoms with Gasteiger partial charge in [-0.3, -0.25) is 9.36 Å². The number of hydrogen-bond acceptors (Lipinski definition) is 4. The van der Waals surface area contributed by atoms with Gasteiger partial charge in [0.1, 0.15) is 5.82 Å². The summed E-state index contributed by atoms with van der Waals surface area (Å²) < 4.78 is 8.47. The Morgan fingerprint density at radius 3 is 2.75 bits per heavy atom. The molecule has 7 heteroatoms. The standard InChI is InChI=1S/C21H18N4O3/c1-24-17-12-6-10-15(18(17)28-21(24)27)20(26)22-19-14-9-5-11-16(14)23-25(19)13-7-3-2-4-8-13/h2-4,6-8,10,12H,5,9,11H2,1H3,(H,22,26). The van der Waals surface area contributed by atoms with Crippen molar-refractivity contribution in [3.05, 3.63) is 75.9 Å². The van der Waals surface area contributed by atoms with Gasteiger partial charge in [-0.05, 0) is 43.5 Å². The summed E-state index contributed by atoms with van der Waals surface area (Å²) in [6.45, 7) is 0. The molecule has 0 fully saturated rings. The number of aromatic nitrogens is 3. The highest BCUT2D eigenvalue weighted by molar-refractivity contribution is 6.11. The monoisotopic (exact) mass is 374 g/mol. The fourth-order valence-corrected chi connectivity index (χ4v) is 3.78. The Balaban J connectivity index is 1.60. The zero-order valence-electron chi connectivity index (χ0n) is 15.3. The van der Waals surface area contributed by atoms with Gasteiger partial charge in [-0.1, -0.05) is 24.3 Å². The summed E-state index contributed by atoms with van der Waals surface area (Å²) in [5, 5.41) is 7.73. The zero-order valence-corrected chi connectivity index (χ0v) is 15.3. The van der Waals surface area contributed by atoms with Crippen LogP contribution in [0.5, 0.6) is 0 Å². The molecule has 2 aromatic heterocycles. The molecule has 0 radical (unpaired) electrons. The average Bonchev–Trinajstić information content (AvgIpc) is 3.38. The van der Waals surface area contributed by atoms with Crippen LogP contribution in [0.1, 0.15) is 28.0 Å². The van der Waals surface area contributed by atoms with Crippen LogP contribution in [0, 0.1) is 0 Å². The first-order valence-electron chi connectivity index (χ1n) is 9.19. The molecule has 0 spiro atoms. The van der Waals surface area contributed by atoms with Crippen molar-refractivity contribution in [3.8, 4) is 5.69 Å². The summed E-state index contributed by atoms with van der Waals surface area (Å²) in [5.74, 6) is -0.142. The summed E-state index contributed by atoms with van der Waals surface area (Å²) in [6, 6.07) is 14.9. The molecule has 2 heterocycles. The molecule has 0 bridgehead atoms. The molecule has 4 aromatic rings. The Morgan fingerprint density at radius 1 is 1.11 bits per heavy atom. The SMILES string of the molecule is Cn1c(=O)oc2c(C(=O)Nc3c4c(nn3-c3ccccc3)CCC4)cccc21. The second kappa shape index (κ2) is 6.23. The van der Waals surface area contributed by atoms with Crippen LogP contribution >= 0.6 is 0 Å². The van der Waals surface area contributed by atoms with Gasteiger partial charge in [0.25, 0.3) is 5.91 Å². The van der Waals surface area contributed by atoms with E-state index in [1.54, 1.807) is 29.9 Å². The van der Waals surface area contributed by atoms with Crippen LogP contribution in [0.3, 0.4) is 0 Å². The van der Waals surface area contributed by atoms with Gasteiger partial charge in [0, 0.05) is 12.6 Å². The number of para-hydroxylation sites is 2. The number of rotatable bonds is 3. The highest BCUT2D eigenvalue weighted by Crippen LogP contribution is 2.31. The third-order valence-corrected chi connectivity index (χ3v) is 5.20. The Labute approximate surface area is 160 Å². The summed E-state index contributed by atoms with van der Waals surface area (Å²) in [4.78, 5) is 25.0. The lowest BCUT2D eigenvalue weighted by molar-refractivity contribution is 0.102. The number of amides is 1. The van der Waals surface area contributed by atoms with Crippen LogP contribution in [-0.4, -0.2) is 20.3 Å². The van der Waals surface area contributed by atoms with E-state index >= 15 is 0 Å². The molecule has 1 N–H and O–H groups in total. The predicted octanol–water partition coefficient (Wildman–Crippen LogP) is 3.06. The van der Waals surface area contributed by atoms with E-state index in [4.69, 9.17) is 9.52 Å². The summed E-state index contributed by atoms with van der Waals surface area (Å²) in [5.41, 5.74) is 4.16. The number of benzene rings is 2. The van der Waals surface area contributed by atoms with Gasteiger partial charge >= 0.3 is 5.76 Å². The quantitative estimate of drug-likeness (QED) is 0.597. The van der Waals surface area contributed by atoms with E-state index in [9.17, 15) is 9.59 Å². The van der Waals surface area contributed by atoms with Crippen LogP contribution in [0.2, 0.25) is 0 Å². The maximum absolute atomic E-state index is 13.1. The largest absolute Gasteiger partial charge is 0.419 e. The van der Waals surface area contributed by atoms with E-state index < -0.39 is 5.76 Å². The lowest BCUT2D eigenvalue weighted by Gasteiger charge is -2.11. The summed E-state index contributed by atoms with van der Waals surface area (Å²) in [7, 11) is 1.62. The topological polar surface area (TPSA) is 82.1 Å². The molecule has 0 saturated carbocycles. The van der Waals surface area contributed by atoms with Gasteiger partial charge in [-0.25, -0.2) is 9.48 Å². The Morgan fingerprint density at radius 2 is 1.93 bits per heavy atom. The minimum Gasteiger partial charge on any atom is -0.407 e. The smallest absolute Gasteiger partial charge is 0.407 e. The first-order valence-corrected chi connectivity index (χ1v) is 9.19. The van der Waals surface area contributed by atoms with Crippen LogP contribution in [0.4, 0.5) is 5.82 Å². The van der Waals surface area contributed by atoms with E-state index in [0.29, 0.717) is 16.9 Å². The number of carbonyl (C=O) groups is 1. The fourth-order valence-electron chi connectivity index (χ4n) is 3.78. The van der Waals surface area contributed by atoms with Crippen molar-refractivity contribution in [3.63, 3.8) is 0 Å². The van der Waals surface area contributed by atoms with Crippen molar-refractivity contribution in [2.24, 2.45) is 7.05 Å². The van der Waals surface area contributed by atoms with Crippen LogP contribution in [-0.2, 0) is 19.9 Å². The Bertz CT molecular complexity index is 1260. The number of aryl methyl sites for hydroxylation is 2. The lowest BCUT2D eigenvalue weighted by atomic mass is 10.1. The molecule has 0 saturated heterocycles. The molecule has 7 nitrogen and oxygen atoms in total. The molecule has 1 aliphatic carbocycles. The highest BCUT2D eigenvalue weighted by Gasteiger charge is 2.25. The number of fused-ring (bicyclic) bond motifs is 2. The summed E-state index contributed by atoms with van der Waals surface area (Å²) >= 11 is 0. The van der Waals surface area contributed by atoms with Crippen molar-refractivity contribution in [2.45, 2.75) is 19.3 Å². The number of oxazole rings is 1. The van der Waals surface area contributed by atoms with E-state index in [-0.39, 0.29) is 11.5 Å². The third-order valence-electron chi connectivity index (χ3n) is 5.20. The van der Waals surface area contributed by atoms with Gasteiger partial charge in [0.2, 0.25) is 0 Å². The van der Waals surface area contributed by atoms with Gasteiger partial charge in [-0.2, -0.15) is 5.10 Å². The molecule has 140 valence electrons. The maximum atomic E-state index is 13.1. The van der Waals surface area contributed by atoms with Crippen LogP contribution in [0.25, 0.3) is 16.8 Å². The van der Waals surface area contributed by atoms with Gasteiger partial charge in [-0.15, -0.1) is 0 Å². The van der Waals surface area contributed by atoms with Gasteiger partial charge < -0.3 is 9.73 Å². The normalized spacial score (nSPS) is 13.0. The predicted molar refractivity (Wildman–Crippen MR) is 105 cm³/mol. The van der Waals surface area contributed by atoms with Crippen molar-refractivity contribution in [1.82, 2.24) is 14.3 Å². The minimum atomic E-state index is -0.495. The highest BCUT2D eigenvalue weighted by atomic mass is 16.4. The van der Waals surface area contributed by atoms with Crippen molar-refractivity contribution in [1.29, 1.82) is 0 Å². The van der Waals surface area contributed by atoms with Crippen molar-refractivity contribution >= 4 is 22.8 Å². The first kappa shape index (κ1) is 16.6. The average molecular weight is 374 g/mol. The minimum absolute atomic E-state index is 0.287. The number of carbonyl (C=O) groups excluding carboxylic acids is 1. The molecule has 0 aliphatic heterocycles. The number of anilines is 1. The zero-order chi connectivity index (χ0) is 19.3. The molecule has 1 aliphatic rings. The molecule has 0 unspecified atom stereocenters. The van der Waals surface area contributed by atoms with E-state index in [1.165, 1.54) is 4.57 Å². The second-order valence-electron chi connectivity index (χ2n) is 6.91. The molecule has 0 atom stereocenters. The number of hydrogen-bond donors (Lipinski definition) is 1. The first-order chi connectivity index (χ1) is 13.6. The molecular formula is C21H18N4O3. The van der Waals surface area contributed by atoms with E-state index in [0.717, 1.165) is 36.2 Å². The summed E-state index contributed by atoms with van der Waals surface area (Å²) in [6.07, 6.45) is 2.81. The lowest BCUT2D eigenvalue weighted by Crippen LogP contribution is -2.16. The molecule has 5 rings (SSSR count). The third kappa shape index (κ3) is 2.47. The Hall–Kier alpha value is -3.61. The van der Waals surface area contributed by atoms with Crippen molar-refractivity contribution in [2.75, 3.05) is 5.32 Å². The molecule has 2 aromatic carbocycles. The molecule has 28 heavy (non-hydrogen) atoms. The van der Waals surface area contributed by atoms with E-state index in [1.807, 2.05) is 30.3 Å². The van der Waals surface area contributed by atoms with Crippen LogP contribution in [0.15, 0.2) is 57.7 Å². The Kier molecular flexibility index (Phi) is 3.68. The van der Waals surface area contributed by atoms with E-state index in [2.05, 4.69) is 5.32 Å².